The molecule has 1 aromatic carbocycles. The molecule has 0 amide bonds. The van der Waals surface area contributed by atoms with Gasteiger partial charge in [-0.15, -0.1) is 0 Å². The summed E-state index contributed by atoms with van der Waals surface area (Å²) < 4.78 is 5.76. The molecule has 0 atom stereocenters. The maximum Gasteiger partial charge on any atom is 0.235 e. The Morgan fingerprint density at radius 3 is 2.75 bits per heavy atom. The molecule has 2 heterocycles. The minimum absolute atomic E-state index is 0.00364. The lowest BCUT2D eigenvalue weighted by molar-refractivity contribution is 0.281. The van der Waals surface area contributed by atoms with Crippen molar-refractivity contribution < 1.29 is 9.84 Å². The Balaban J connectivity index is 1.98. The summed E-state index contributed by atoms with van der Waals surface area (Å²) in [4.78, 5) is 8.51. The average Bonchev–Trinajstić information content (AvgIpc) is 2.96. The minimum Gasteiger partial charge on any atom is -0.438 e. The predicted molar refractivity (Wildman–Crippen MR) is 73.7 cm³/mol. The van der Waals surface area contributed by atoms with Crippen molar-refractivity contribution in [2.75, 3.05) is 12.4 Å². The second-order valence-electron chi connectivity index (χ2n) is 4.14. The van der Waals surface area contributed by atoms with Crippen molar-refractivity contribution in [3.8, 4) is 11.6 Å². The van der Waals surface area contributed by atoms with Crippen LogP contribution in [0.5, 0.6) is 11.6 Å². The number of hydrogen-bond acceptors (Lipinski definition) is 6. The molecule has 3 rings (SSSR count). The van der Waals surface area contributed by atoms with Gasteiger partial charge in [0.05, 0.1) is 12.8 Å². The molecule has 0 spiro atoms. The van der Waals surface area contributed by atoms with Crippen LogP contribution >= 0.6 is 0 Å². The number of benzene rings is 1. The average molecular weight is 271 g/mol. The van der Waals surface area contributed by atoms with Crippen LogP contribution in [0.4, 0.5) is 5.95 Å². The number of H-pyrrole nitrogens is 1. The Hall–Kier alpha value is -2.67. The lowest BCUT2D eigenvalue weighted by Gasteiger charge is -2.07. The van der Waals surface area contributed by atoms with Crippen LogP contribution in [0.2, 0.25) is 0 Å². The van der Waals surface area contributed by atoms with Crippen molar-refractivity contribution in [2.45, 2.75) is 6.61 Å². The summed E-state index contributed by atoms with van der Waals surface area (Å²) >= 11 is 0. The van der Waals surface area contributed by atoms with E-state index in [4.69, 9.17) is 9.84 Å². The minimum atomic E-state index is 0.00364. The number of aliphatic hydroxyl groups is 1. The van der Waals surface area contributed by atoms with E-state index in [2.05, 4.69) is 25.5 Å². The van der Waals surface area contributed by atoms with E-state index in [-0.39, 0.29) is 6.61 Å². The van der Waals surface area contributed by atoms with Gasteiger partial charge in [0.2, 0.25) is 11.8 Å². The second-order valence-corrected chi connectivity index (χ2v) is 4.14. The van der Waals surface area contributed by atoms with Gasteiger partial charge in [0.25, 0.3) is 0 Å². The lowest BCUT2D eigenvalue weighted by Crippen LogP contribution is -1.99. The molecule has 2 aromatic heterocycles. The van der Waals surface area contributed by atoms with E-state index >= 15 is 0 Å². The number of aromatic nitrogens is 4. The van der Waals surface area contributed by atoms with E-state index in [0.717, 1.165) is 5.56 Å². The molecule has 0 aliphatic rings. The van der Waals surface area contributed by atoms with Crippen LogP contribution < -0.4 is 10.1 Å². The van der Waals surface area contributed by atoms with Gasteiger partial charge in [-0.25, -0.2) is 0 Å². The monoisotopic (exact) mass is 271 g/mol. The van der Waals surface area contributed by atoms with Crippen molar-refractivity contribution in [2.24, 2.45) is 0 Å². The molecule has 0 saturated heterocycles. The van der Waals surface area contributed by atoms with Gasteiger partial charge in [-0.05, 0) is 17.7 Å². The van der Waals surface area contributed by atoms with Crippen LogP contribution in [0.3, 0.4) is 0 Å². The Bertz CT molecular complexity index is 723. The molecule has 0 radical (unpaired) electrons. The Morgan fingerprint density at radius 1 is 1.25 bits per heavy atom. The summed E-state index contributed by atoms with van der Waals surface area (Å²) in [5.41, 5.74) is 1.43. The number of nitrogens with zero attached hydrogens (tertiary/aromatic N) is 3. The SMILES string of the molecule is CNc1nc(Oc2ccc(CO)cc2)c2cn[nH]c2n1. The number of nitrogens with one attached hydrogen (secondary N) is 2. The number of aromatic amines is 1. The Labute approximate surface area is 114 Å². The smallest absolute Gasteiger partial charge is 0.235 e. The number of fused-ring (bicyclic) bond motifs is 1. The molecule has 7 heteroatoms. The molecule has 3 N–H and O–H groups in total. The summed E-state index contributed by atoms with van der Waals surface area (Å²) in [7, 11) is 1.73. The van der Waals surface area contributed by atoms with Gasteiger partial charge < -0.3 is 15.2 Å². The molecule has 102 valence electrons. The first-order valence-corrected chi connectivity index (χ1v) is 6.06. The zero-order chi connectivity index (χ0) is 13.9. The van der Waals surface area contributed by atoms with Crippen LogP contribution in [-0.2, 0) is 6.61 Å². The van der Waals surface area contributed by atoms with E-state index in [9.17, 15) is 0 Å². The van der Waals surface area contributed by atoms with Gasteiger partial charge in [0.15, 0.2) is 5.65 Å². The summed E-state index contributed by atoms with van der Waals surface area (Å²) in [6, 6.07) is 7.14. The zero-order valence-corrected chi connectivity index (χ0v) is 10.8. The number of hydrogen-bond donors (Lipinski definition) is 3. The number of anilines is 1. The number of aliphatic hydroxyl groups excluding tert-OH is 1. The van der Waals surface area contributed by atoms with Gasteiger partial charge in [-0.2, -0.15) is 15.1 Å². The first-order valence-electron chi connectivity index (χ1n) is 6.06. The maximum atomic E-state index is 9.02. The number of rotatable bonds is 4. The maximum absolute atomic E-state index is 9.02. The van der Waals surface area contributed by atoms with Crippen molar-refractivity contribution >= 4 is 17.0 Å². The molecule has 20 heavy (non-hydrogen) atoms. The fourth-order valence-corrected chi connectivity index (χ4v) is 1.77. The summed E-state index contributed by atoms with van der Waals surface area (Å²) in [6.07, 6.45) is 1.62. The van der Waals surface area contributed by atoms with Gasteiger partial charge in [-0.3, -0.25) is 5.10 Å². The molecule has 3 aromatic rings. The van der Waals surface area contributed by atoms with Crippen LogP contribution in [0, 0.1) is 0 Å². The summed E-state index contributed by atoms with van der Waals surface area (Å²) in [5, 5.41) is 19.3. The lowest BCUT2D eigenvalue weighted by atomic mass is 10.2. The summed E-state index contributed by atoms with van der Waals surface area (Å²) in [5.74, 6) is 1.50. The van der Waals surface area contributed by atoms with E-state index < -0.39 is 0 Å². The largest absolute Gasteiger partial charge is 0.438 e. The molecule has 0 aliphatic carbocycles. The normalized spacial score (nSPS) is 10.7. The highest BCUT2D eigenvalue weighted by Crippen LogP contribution is 2.27. The van der Waals surface area contributed by atoms with Crippen molar-refractivity contribution in [1.82, 2.24) is 20.2 Å². The third-order valence-electron chi connectivity index (χ3n) is 2.82. The van der Waals surface area contributed by atoms with Crippen LogP contribution in [0.25, 0.3) is 11.0 Å². The molecule has 0 bridgehead atoms. The fourth-order valence-electron chi connectivity index (χ4n) is 1.77. The third kappa shape index (κ3) is 2.26. The Morgan fingerprint density at radius 2 is 2.05 bits per heavy atom. The molecule has 0 unspecified atom stereocenters. The van der Waals surface area contributed by atoms with E-state index in [1.165, 1.54) is 0 Å². The topological polar surface area (TPSA) is 96.0 Å². The van der Waals surface area contributed by atoms with Gasteiger partial charge in [-0.1, -0.05) is 12.1 Å². The summed E-state index contributed by atoms with van der Waals surface area (Å²) in [6.45, 7) is 0.00364. The zero-order valence-electron chi connectivity index (χ0n) is 10.8. The van der Waals surface area contributed by atoms with Gasteiger partial charge in [0, 0.05) is 7.05 Å². The third-order valence-corrected chi connectivity index (χ3v) is 2.82. The highest BCUT2D eigenvalue weighted by atomic mass is 16.5. The van der Waals surface area contributed by atoms with E-state index in [1.807, 2.05) is 0 Å². The second kappa shape index (κ2) is 5.14. The Kier molecular flexibility index (Phi) is 3.18. The first-order chi connectivity index (χ1) is 9.80. The quantitative estimate of drug-likeness (QED) is 0.668. The van der Waals surface area contributed by atoms with Crippen LogP contribution in [0.15, 0.2) is 30.5 Å². The molecule has 7 nitrogen and oxygen atoms in total. The first kappa shape index (κ1) is 12.4. The van der Waals surface area contributed by atoms with E-state index in [1.54, 1.807) is 37.5 Å². The molecule has 0 fully saturated rings. The standard InChI is InChI=1S/C13H13N5O2/c1-14-13-16-11-10(6-15-18-11)12(17-13)20-9-4-2-8(7-19)3-5-9/h2-6,19H,7H2,1H3,(H2,14,15,16,17,18). The number of ether oxygens (including phenoxy) is 1. The highest BCUT2D eigenvalue weighted by molar-refractivity contribution is 5.80. The van der Waals surface area contributed by atoms with Crippen molar-refractivity contribution in [3.63, 3.8) is 0 Å². The van der Waals surface area contributed by atoms with Crippen LogP contribution in [0.1, 0.15) is 5.56 Å². The predicted octanol–water partition coefficient (Wildman–Crippen LogP) is 1.68. The molecule has 0 aliphatic heterocycles. The molecular weight excluding hydrogens is 258 g/mol. The molecular formula is C13H13N5O2. The molecule has 0 saturated carbocycles. The van der Waals surface area contributed by atoms with Gasteiger partial charge in [0.1, 0.15) is 11.1 Å². The van der Waals surface area contributed by atoms with Crippen molar-refractivity contribution in [1.29, 1.82) is 0 Å². The van der Waals surface area contributed by atoms with Crippen molar-refractivity contribution in [3.05, 3.63) is 36.0 Å². The highest BCUT2D eigenvalue weighted by Gasteiger charge is 2.11. The van der Waals surface area contributed by atoms with Crippen LogP contribution in [-0.4, -0.2) is 32.3 Å². The fraction of sp³-hybridized carbons (Fsp3) is 0.154. The van der Waals surface area contributed by atoms with E-state index in [0.29, 0.717) is 28.6 Å². The van der Waals surface area contributed by atoms with Gasteiger partial charge >= 0.3 is 0 Å².